The fraction of sp³-hybridized carbons (Fsp3) is 0.429. The number of nitriles is 1. The molecule has 0 saturated heterocycles. The predicted molar refractivity (Wildman–Crippen MR) is 76.6 cm³/mol. The first-order valence-corrected chi connectivity index (χ1v) is 6.72. The molecule has 1 atom stereocenters. The van der Waals surface area contributed by atoms with Gasteiger partial charge in [-0.05, 0) is 31.7 Å². The quantitative estimate of drug-likeness (QED) is 0.781. The molecule has 102 valence electrons. The van der Waals surface area contributed by atoms with Crippen LogP contribution in [0.15, 0.2) is 22.7 Å². The minimum Gasteiger partial charge on any atom is -0.465 e. The molecule has 0 aromatic heterocycles. The van der Waals surface area contributed by atoms with Gasteiger partial charge in [-0.1, -0.05) is 22.0 Å². The van der Waals surface area contributed by atoms with Gasteiger partial charge in [0.15, 0.2) is 0 Å². The first kappa shape index (κ1) is 15.7. The highest BCUT2D eigenvalue weighted by Gasteiger charge is 2.13. The number of carbonyl (C=O) groups is 1. The van der Waals surface area contributed by atoms with Crippen LogP contribution in [0.1, 0.15) is 29.3 Å². The van der Waals surface area contributed by atoms with Gasteiger partial charge in [-0.3, -0.25) is 4.90 Å². The summed E-state index contributed by atoms with van der Waals surface area (Å²) in [5.74, 6) is -0.349. The van der Waals surface area contributed by atoms with Crippen LogP contribution in [0, 0.1) is 11.3 Å². The summed E-state index contributed by atoms with van der Waals surface area (Å²) in [5.41, 5.74) is 1.59. The van der Waals surface area contributed by atoms with E-state index in [0.29, 0.717) is 18.5 Å². The van der Waals surface area contributed by atoms with Crippen LogP contribution in [-0.2, 0) is 11.3 Å². The van der Waals surface area contributed by atoms with E-state index in [1.54, 1.807) is 12.1 Å². The van der Waals surface area contributed by atoms with Crippen LogP contribution < -0.4 is 0 Å². The van der Waals surface area contributed by atoms with Gasteiger partial charge in [0.05, 0.1) is 25.2 Å². The van der Waals surface area contributed by atoms with E-state index in [4.69, 9.17) is 5.26 Å². The zero-order valence-electron chi connectivity index (χ0n) is 11.3. The second-order valence-electron chi connectivity index (χ2n) is 4.42. The molecule has 0 saturated carbocycles. The number of benzene rings is 1. The number of methoxy groups -OCH3 is 1. The maximum atomic E-state index is 11.4. The Morgan fingerprint density at radius 1 is 1.58 bits per heavy atom. The molecule has 0 spiro atoms. The van der Waals surface area contributed by atoms with Gasteiger partial charge in [-0.15, -0.1) is 0 Å². The van der Waals surface area contributed by atoms with E-state index in [9.17, 15) is 4.79 Å². The summed E-state index contributed by atoms with van der Waals surface area (Å²) >= 11 is 3.46. The van der Waals surface area contributed by atoms with E-state index >= 15 is 0 Å². The normalized spacial score (nSPS) is 12.0. The van der Waals surface area contributed by atoms with Crippen molar-refractivity contribution in [3.8, 4) is 6.07 Å². The summed E-state index contributed by atoms with van der Waals surface area (Å²) in [6.45, 7) is 2.73. The largest absolute Gasteiger partial charge is 0.465 e. The third-order valence-electron chi connectivity index (χ3n) is 3.03. The zero-order valence-corrected chi connectivity index (χ0v) is 12.9. The molecule has 0 heterocycles. The molecule has 0 aliphatic rings. The Kier molecular flexibility index (Phi) is 6.00. The van der Waals surface area contributed by atoms with Crippen LogP contribution in [0.25, 0.3) is 0 Å². The van der Waals surface area contributed by atoms with E-state index in [1.807, 2.05) is 20.0 Å². The average molecular weight is 325 g/mol. The molecular weight excluding hydrogens is 308 g/mol. The second-order valence-corrected chi connectivity index (χ2v) is 5.28. The van der Waals surface area contributed by atoms with Crippen molar-refractivity contribution in [1.29, 1.82) is 5.26 Å². The van der Waals surface area contributed by atoms with Gasteiger partial charge in [0.2, 0.25) is 0 Å². The maximum Gasteiger partial charge on any atom is 0.337 e. The number of hydrogen-bond acceptors (Lipinski definition) is 4. The van der Waals surface area contributed by atoms with Crippen LogP contribution >= 0.6 is 15.9 Å². The molecule has 0 N–H and O–H groups in total. The van der Waals surface area contributed by atoms with E-state index < -0.39 is 0 Å². The van der Waals surface area contributed by atoms with Crippen molar-refractivity contribution >= 4 is 21.9 Å². The van der Waals surface area contributed by atoms with E-state index in [0.717, 1.165) is 10.0 Å². The fourth-order valence-corrected chi connectivity index (χ4v) is 2.14. The molecule has 0 fully saturated rings. The molecule has 19 heavy (non-hydrogen) atoms. The van der Waals surface area contributed by atoms with Crippen molar-refractivity contribution in [3.05, 3.63) is 33.8 Å². The lowest BCUT2D eigenvalue weighted by atomic mass is 10.1. The zero-order chi connectivity index (χ0) is 14.4. The van der Waals surface area contributed by atoms with Gasteiger partial charge < -0.3 is 4.74 Å². The molecular formula is C14H17BrN2O2. The van der Waals surface area contributed by atoms with Crippen molar-refractivity contribution in [2.24, 2.45) is 0 Å². The van der Waals surface area contributed by atoms with Crippen molar-refractivity contribution in [2.45, 2.75) is 25.9 Å². The summed E-state index contributed by atoms with van der Waals surface area (Å²) in [4.78, 5) is 13.5. The Hall–Kier alpha value is -1.38. The lowest BCUT2D eigenvalue weighted by Crippen LogP contribution is -2.28. The Morgan fingerprint density at radius 3 is 2.79 bits per heavy atom. The molecule has 0 aliphatic heterocycles. The van der Waals surface area contributed by atoms with Gasteiger partial charge in [0.25, 0.3) is 0 Å². The number of nitrogens with zero attached hydrogens (tertiary/aromatic N) is 2. The van der Waals surface area contributed by atoms with Gasteiger partial charge in [0.1, 0.15) is 0 Å². The lowest BCUT2D eigenvalue weighted by Gasteiger charge is -2.23. The van der Waals surface area contributed by atoms with Gasteiger partial charge in [0, 0.05) is 17.1 Å². The Morgan fingerprint density at radius 2 is 2.26 bits per heavy atom. The molecule has 1 unspecified atom stereocenters. The molecule has 0 radical (unpaired) electrons. The highest BCUT2D eigenvalue weighted by molar-refractivity contribution is 9.10. The molecule has 1 aromatic carbocycles. The number of hydrogen-bond donors (Lipinski definition) is 0. The molecule has 0 bridgehead atoms. The van der Waals surface area contributed by atoms with Crippen molar-refractivity contribution in [3.63, 3.8) is 0 Å². The summed E-state index contributed by atoms with van der Waals surface area (Å²) in [6, 6.07) is 7.75. The van der Waals surface area contributed by atoms with Crippen LogP contribution in [0.2, 0.25) is 0 Å². The average Bonchev–Trinajstić information content (AvgIpc) is 2.40. The lowest BCUT2D eigenvalue weighted by molar-refractivity contribution is 0.0600. The SMILES string of the molecule is COC(=O)c1ccc(CN(C)C(C)CC#N)c(Br)c1. The smallest absolute Gasteiger partial charge is 0.337 e. The molecule has 1 aromatic rings. The maximum absolute atomic E-state index is 11.4. The fourth-order valence-electron chi connectivity index (χ4n) is 1.63. The molecule has 0 amide bonds. The third-order valence-corrected chi connectivity index (χ3v) is 3.77. The summed E-state index contributed by atoms with van der Waals surface area (Å²) < 4.78 is 5.54. The van der Waals surface area contributed by atoms with Crippen molar-refractivity contribution < 1.29 is 9.53 Å². The van der Waals surface area contributed by atoms with E-state index in [-0.39, 0.29) is 12.0 Å². The van der Waals surface area contributed by atoms with Crippen LogP contribution in [0.4, 0.5) is 0 Å². The Bertz CT molecular complexity index is 497. The van der Waals surface area contributed by atoms with E-state index in [2.05, 4.69) is 31.6 Å². The van der Waals surface area contributed by atoms with Gasteiger partial charge >= 0.3 is 5.97 Å². The number of ether oxygens (including phenoxy) is 1. The topological polar surface area (TPSA) is 53.3 Å². The second kappa shape index (κ2) is 7.27. The van der Waals surface area contributed by atoms with Crippen LogP contribution in [-0.4, -0.2) is 31.1 Å². The minimum absolute atomic E-state index is 0.192. The van der Waals surface area contributed by atoms with Crippen LogP contribution in [0.5, 0.6) is 0 Å². The number of rotatable bonds is 5. The highest BCUT2D eigenvalue weighted by Crippen LogP contribution is 2.21. The summed E-state index contributed by atoms with van der Waals surface area (Å²) in [6.07, 6.45) is 0.494. The van der Waals surface area contributed by atoms with Gasteiger partial charge in [-0.2, -0.15) is 5.26 Å². The third kappa shape index (κ3) is 4.34. The van der Waals surface area contributed by atoms with E-state index in [1.165, 1.54) is 7.11 Å². The van der Waals surface area contributed by atoms with Gasteiger partial charge in [-0.25, -0.2) is 4.79 Å². The first-order valence-electron chi connectivity index (χ1n) is 5.93. The summed E-state index contributed by atoms with van der Waals surface area (Å²) in [7, 11) is 3.34. The van der Waals surface area contributed by atoms with Crippen LogP contribution in [0.3, 0.4) is 0 Å². The van der Waals surface area contributed by atoms with Crippen molar-refractivity contribution in [2.75, 3.05) is 14.2 Å². The molecule has 0 aliphatic carbocycles. The summed E-state index contributed by atoms with van der Waals surface area (Å²) in [5, 5.41) is 8.69. The van der Waals surface area contributed by atoms with Crippen molar-refractivity contribution in [1.82, 2.24) is 4.90 Å². The number of halogens is 1. The Balaban J connectivity index is 2.81. The molecule has 5 heteroatoms. The Labute approximate surface area is 122 Å². The highest BCUT2D eigenvalue weighted by atomic mass is 79.9. The predicted octanol–water partition coefficient (Wildman–Crippen LogP) is 2.97. The number of carbonyl (C=O) groups excluding carboxylic acids is 1. The minimum atomic E-state index is -0.349. The monoisotopic (exact) mass is 324 g/mol. The number of esters is 1. The molecule has 4 nitrogen and oxygen atoms in total. The first-order chi connectivity index (χ1) is 8.99. The molecule has 1 rings (SSSR count). The standard InChI is InChI=1S/C14H17BrN2O2/c1-10(6-7-16)17(2)9-12-5-4-11(8-13(12)15)14(18)19-3/h4-5,8,10H,6,9H2,1-3H3.